The predicted octanol–water partition coefficient (Wildman–Crippen LogP) is 1.49. The minimum Gasteiger partial charge on any atom is -0.328 e. The van der Waals surface area contributed by atoms with Crippen LogP contribution >= 0.6 is 11.6 Å². The van der Waals surface area contributed by atoms with Crippen LogP contribution in [-0.4, -0.2) is 21.0 Å². The lowest BCUT2D eigenvalue weighted by molar-refractivity contribution is 0.569. The molecule has 0 heterocycles. The van der Waals surface area contributed by atoms with Gasteiger partial charge in [0.15, 0.2) is 0 Å². The highest BCUT2D eigenvalue weighted by Gasteiger charge is 2.18. The van der Waals surface area contributed by atoms with Gasteiger partial charge in [0, 0.05) is 12.6 Å². The molecule has 1 aromatic carbocycles. The van der Waals surface area contributed by atoms with Crippen LogP contribution in [0.4, 0.5) is 4.39 Å². The summed E-state index contributed by atoms with van der Waals surface area (Å²) >= 11 is 5.71. The maximum Gasteiger partial charge on any atom is 0.242 e. The van der Waals surface area contributed by atoms with Crippen LogP contribution in [-0.2, 0) is 10.0 Å². The smallest absolute Gasteiger partial charge is 0.242 e. The van der Waals surface area contributed by atoms with Crippen molar-refractivity contribution < 1.29 is 12.8 Å². The van der Waals surface area contributed by atoms with Crippen LogP contribution < -0.4 is 10.5 Å². The van der Waals surface area contributed by atoms with Crippen LogP contribution in [0.1, 0.15) is 13.3 Å². The normalized spacial score (nSPS) is 13.6. The molecule has 0 unspecified atom stereocenters. The summed E-state index contributed by atoms with van der Waals surface area (Å²) in [5, 5.41) is -0.0142. The van der Waals surface area contributed by atoms with Gasteiger partial charge >= 0.3 is 0 Å². The van der Waals surface area contributed by atoms with E-state index in [0.717, 1.165) is 12.1 Å². The van der Waals surface area contributed by atoms with Gasteiger partial charge in [-0.15, -0.1) is 0 Å². The van der Waals surface area contributed by atoms with Crippen LogP contribution in [0.15, 0.2) is 23.1 Å². The summed E-state index contributed by atoms with van der Waals surface area (Å²) in [6.45, 7) is 1.95. The Balaban J connectivity index is 2.86. The lowest BCUT2D eigenvalue weighted by Crippen LogP contribution is -2.29. The van der Waals surface area contributed by atoms with Gasteiger partial charge in [0.25, 0.3) is 0 Å². The molecule has 1 rings (SSSR count). The summed E-state index contributed by atoms with van der Waals surface area (Å²) in [6, 6.07) is 3.08. The molecular formula is C10H14ClFN2O2S. The Kier molecular flexibility index (Phi) is 4.88. The van der Waals surface area contributed by atoms with Gasteiger partial charge in [-0.25, -0.2) is 17.5 Å². The molecule has 0 bridgehead atoms. The third-order valence-corrected chi connectivity index (χ3v) is 4.02. The van der Waals surface area contributed by atoms with E-state index in [2.05, 4.69) is 4.72 Å². The molecule has 0 spiro atoms. The van der Waals surface area contributed by atoms with E-state index >= 15 is 0 Å². The molecule has 0 amide bonds. The highest BCUT2D eigenvalue weighted by Crippen LogP contribution is 2.21. The summed E-state index contributed by atoms with van der Waals surface area (Å²) < 4.78 is 38.8. The van der Waals surface area contributed by atoms with Crippen molar-refractivity contribution >= 4 is 21.6 Å². The van der Waals surface area contributed by atoms with E-state index in [1.165, 1.54) is 6.07 Å². The second-order valence-corrected chi connectivity index (χ2v) is 5.88. The van der Waals surface area contributed by atoms with Crippen molar-refractivity contribution in [3.63, 3.8) is 0 Å². The van der Waals surface area contributed by atoms with Gasteiger partial charge in [0.1, 0.15) is 10.7 Å². The number of nitrogens with one attached hydrogen (secondary N) is 1. The molecule has 17 heavy (non-hydrogen) atoms. The van der Waals surface area contributed by atoms with Gasteiger partial charge in [-0.3, -0.25) is 0 Å². The average Bonchev–Trinajstić information content (AvgIpc) is 2.20. The van der Waals surface area contributed by atoms with Crippen molar-refractivity contribution in [2.24, 2.45) is 5.73 Å². The second kappa shape index (κ2) is 5.77. The molecule has 0 saturated heterocycles. The first-order valence-corrected chi connectivity index (χ1v) is 6.89. The predicted molar refractivity (Wildman–Crippen MR) is 64.9 cm³/mol. The zero-order chi connectivity index (χ0) is 13.1. The van der Waals surface area contributed by atoms with Crippen molar-refractivity contribution in [2.75, 3.05) is 6.54 Å². The van der Waals surface area contributed by atoms with Crippen molar-refractivity contribution in [1.29, 1.82) is 0 Å². The van der Waals surface area contributed by atoms with Crippen LogP contribution in [0.5, 0.6) is 0 Å². The largest absolute Gasteiger partial charge is 0.328 e. The molecule has 1 atom stereocenters. The number of rotatable bonds is 5. The summed E-state index contributed by atoms with van der Waals surface area (Å²) in [7, 11) is -3.79. The maximum absolute atomic E-state index is 13.0. The van der Waals surface area contributed by atoms with Crippen molar-refractivity contribution in [3.8, 4) is 0 Å². The average molecular weight is 281 g/mol. The molecule has 3 N–H and O–H groups in total. The number of benzene rings is 1. The molecule has 96 valence electrons. The molecule has 1 aromatic rings. The van der Waals surface area contributed by atoms with Gasteiger partial charge in [0.05, 0.1) is 5.02 Å². The fourth-order valence-electron chi connectivity index (χ4n) is 1.18. The van der Waals surface area contributed by atoms with Gasteiger partial charge in [-0.1, -0.05) is 11.6 Å². The Morgan fingerprint density at radius 1 is 1.53 bits per heavy atom. The SMILES string of the molecule is C[C@H](N)CCNS(=O)(=O)c1cc(F)ccc1Cl. The maximum atomic E-state index is 13.0. The number of nitrogens with two attached hydrogens (primary N) is 1. The van der Waals surface area contributed by atoms with Gasteiger partial charge < -0.3 is 5.73 Å². The number of hydrogen-bond donors (Lipinski definition) is 2. The van der Waals surface area contributed by atoms with E-state index in [1.807, 2.05) is 0 Å². The quantitative estimate of drug-likeness (QED) is 0.858. The van der Waals surface area contributed by atoms with Crippen LogP contribution in [0.2, 0.25) is 5.02 Å². The third kappa shape index (κ3) is 4.23. The minimum atomic E-state index is -3.79. The first-order chi connectivity index (χ1) is 7.83. The Hall–Kier alpha value is -0.690. The fourth-order valence-corrected chi connectivity index (χ4v) is 2.74. The Bertz CT molecular complexity index is 491. The van der Waals surface area contributed by atoms with Gasteiger partial charge in [0.2, 0.25) is 10.0 Å². The monoisotopic (exact) mass is 280 g/mol. The molecule has 0 saturated carbocycles. The second-order valence-electron chi connectivity index (χ2n) is 3.74. The summed E-state index contributed by atoms with van der Waals surface area (Å²) in [4.78, 5) is -0.260. The van der Waals surface area contributed by atoms with Crippen LogP contribution in [0.3, 0.4) is 0 Å². The third-order valence-electron chi connectivity index (χ3n) is 2.07. The molecular weight excluding hydrogens is 267 g/mol. The molecule has 4 nitrogen and oxygen atoms in total. The molecule has 0 aliphatic heterocycles. The van der Waals surface area contributed by atoms with Gasteiger partial charge in [-0.2, -0.15) is 0 Å². The highest BCUT2D eigenvalue weighted by atomic mass is 35.5. The number of sulfonamides is 1. The first-order valence-electron chi connectivity index (χ1n) is 5.03. The summed E-state index contributed by atoms with van der Waals surface area (Å²) in [6.07, 6.45) is 0.492. The van der Waals surface area contributed by atoms with Crippen molar-refractivity contribution in [2.45, 2.75) is 24.3 Å². The van der Waals surface area contributed by atoms with E-state index in [1.54, 1.807) is 6.92 Å². The molecule has 0 aliphatic carbocycles. The lowest BCUT2D eigenvalue weighted by Gasteiger charge is -2.09. The Morgan fingerprint density at radius 3 is 2.76 bits per heavy atom. The van der Waals surface area contributed by atoms with Gasteiger partial charge in [-0.05, 0) is 31.5 Å². The molecule has 0 aliphatic rings. The molecule has 0 fully saturated rings. The van der Waals surface area contributed by atoms with Crippen molar-refractivity contribution in [3.05, 3.63) is 29.0 Å². The topological polar surface area (TPSA) is 72.2 Å². The van der Waals surface area contributed by atoms with E-state index in [9.17, 15) is 12.8 Å². The zero-order valence-electron chi connectivity index (χ0n) is 9.28. The standard InChI is InChI=1S/C10H14ClFN2O2S/c1-7(13)4-5-14-17(15,16)10-6-8(12)2-3-9(10)11/h2-3,6-7,14H,4-5,13H2,1H3/t7-/m0/s1. The van der Waals surface area contributed by atoms with Crippen LogP contribution in [0.25, 0.3) is 0 Å². The highest BCUT2D eigenvalue weighted by molar-refractivity contribution is 7.89. The number of halogens is 2. The number of hydrogen-bond acceptors (Lipinski definition) is 3. The molecule has 0 radical (unpaired) electrons. The first kappa shape index (κ1) is 14.4. The van der Waals surface area contributed by atoms with E-state index < -0.39 is 15.8 Å². The molecule has 7 heteroatoms. The van der Waals surface area contributed by atoms with Crippen LogP contribution in [0, 0.1) is 5.82 Å². The Labute approximate surface area is 105 Å². The van der Waals surface area contributed by atoms with E-state index in [0.29, 0.717) is 6.42 Å². The Morgan fingerprint density at radius 2 is 2.18 bits per heavy atom. The summed E-state index contributed by atoms with van der Waals surface area (Å²) in [5.74, 6) is -0.651. The zero-order valence-corrected chi connectivity index (χ0v) is 10.9. The van der Waals surface area contributed by atoms with E-state index in [4.69, 9.17) is 17.3 Å². The lowest BCUT2D eigenvalue weighted by atomic mass is 10.3. The van der Waals surface area contributed by atoms with E-state index in [-0.39, 0.29) is 22.5 Å². The van der Waals surface area contributed by atoms with Crippen molar-refractivity contribution in [1.82, 2.24) is 4.72 Å². The summed E-state index contributed by atoms with van der Waals surface area (Å²) in [5.41, 5.74) is 5.49. The molecule has 0 aromatic heterocycles. The fraction of sp³-hybridized carbons (Fsp3) is 0.400. The minimum absolute atomic E-state index is 0.0142.